The highest BCUT2D eigenvalue weighted by Gasteiger charge is 2.29. The van der Waals surface area contributed by atoms with Crippen molar-refractivity contribution >= 4 is 120 Å². The SMILES string of the molecule is Nc1ccc(N(c2nc(Nc3cc(S(=O)(=O)O)cc4cc(S(=O)(=O)O)cc(O)c34)nc(N3CCOCC3)n2)c2nc(Nc3cc(S(=O)(=O)O)cc4cc(S(=O)(=O)O)cc(O)c34)nc(N3CCOCC3)n2)cc1. The number of aromatic nitrogens is 6. The Balaban J connectivity index is 1.27. The standard InChI is InChI=1S/C40H38N12O16S4/c41-23-1-3-24(4-2-23)52(39-46-35(44-37(48-39)50-5-9-67-10-6-50)42-29-17-25(69(55,56)57)13-21-15-27(71(61,62)63)19-31(53)33(21)29)40-47-36(45-38(49-40)51-7-11-68-12-8-51)43-30-18-26(70(58,59)60)14-22-16-28(72(64,65)66)20-32(54)34(22)30/h1-4,13-20,53-54H,5-12,41H2,(H,55,56,57)(H,58,59,60)(H,61,62,63)(H,64,65,66)(H,42,44,46,48)(H,43,45,47,49). The fraction of sp³-hybridized carbons (Fsp3) is 0.200. The van der Waals surface area contributed by atoms with Gasteiger partial charge in [-0.3, -0.25) is 18.2 Å². The first-order valence-corrected chi connectivity index (χ1v) is 26.5. The van der Waals surface area contributed by atoms with Crippen LogP contribution >= 0.6 is 0 Å². The van der Waals surface area contributed by atoms with Gasteiger partial charge in [-0.2, -0.15) is 63.6 Å². The van der Waals surface area contributed by atoms with E-state index in [0.29, 0.717) is 5.69 Å². The van der Waals surface area contributed by atoms with E-state index in [0.717, 1.165) is 48.5 Å². The number of fused-ring (bicyclic) bond motifs is 2. The number of anilines is 10. The number of phenolic OH excluding ortho intramolecular Hbond substituents is 2. The van der Waals surface area contributed by atoms with Crippen molar-refractivity contribution in [3.8, 4) is 11.5 Å². The molecule has 72 heavy (non-hydrogen) atoms. The Morgan fingerprint density at radius 3 is 1.19 bits per heavy atom. The summed E-state index contributed by atoms with van der Waals surface area (Å²) in [4.78, 5) is 29.8. The summed E-state index contributed by atoms with van der Waals surface area (Å²) in [5.41, 5.74) is 6.12. The molecule has 2 aromatic heterocycles. The fourth-order valence-corrected chi connectivity index (χ4v) is 9.84. The van der Waals surface area contributed by atoms with E-state index >= 15 is 0 Å². The van der Waals surface area contributed by atoms with Crippen molar-refractivity contribution in [3.05, 3.63) is 72.8 Å². The first kappa shape index (κ1) is 49.6. The molecule has 10 N–H and O–H groups in total. The van der Waals surface area contributed by atoms with Crippen molar-refractivity contribution in [1.82, 2.24) is 29.9 Å². The number of hydrogen-bond acceptors (Lipinski definition) is 24. The topological polar surface area (TPSA) is 414 Å². The molecule has 4 heterocycles. The first-order chi connectivity index (χ1) is 33.9. The van der Waals surface area contributed by atoms with Crippen LogP contribution in [0.3, 0.4) is 0 Å². The van der Waals surface area contributed by atoms with Crippen molar-refractivity contribution in [2.24, 2.45) is 0 Å². The third-order valence-corrected chi connectivity index (χ3v) is 14.3. The van der Waals surface area contributed by atoms with Crippen molar-refractivity contribution in [3.63, 3.8) is 0 Å². The second kappa shape index (κ2) is 18.7. The van der Waals surface area contributed by atoms with Gasteiger partial charge in [-0.25, -0.2) is 4.90 Å². The van der Waals surface area contributed by atoms with E-state index in [4.69, 9.17) is 25.2 Å². The van der Waals surface area contributed by atoms with Gasteiger partial charge in [0, 0.05) is 54.8 Å². The number of ether oxygens (including phenoxy) is 2. The summed E-state index contributed by atoms with van der Waals surface area (Å²) in [5.74, 6) is -2.72. The van der Waals surface area contributed by atoms with Crippen LogP contribution in [0.4, 0.5) is 58.4 Å². The Morgan fingerprint density at radius 2 is 0.847 bits per heavy atom. The predicted molar refractivity (Wildman–Crippen MR) is 255 cm³/mol. The van der Waals surface area contributed by atoms with Crippen LogP contribution in [0.1, 0.15) is 0 Å². The zero-order valence-corrected chi connectivity index (χ0v) is 39.9. The molecule has 28 nitrogen and oxygen atoms in total. The van der Waals surface area contributed by atoms with Crippen LogP contribution in [0.2, 0.25) is 0 Å². The Morgan fingerprint density at radius 1 is 0.500 bits per heavy atom. The van der Waals surface area contributed by atoms with Gasteiger partial charge in [0.2, 0.25) is 35.7 Å². The van der Waals surface area contributed by atoms with Crippen LogP contribution in [0, 0.1) is 0 Å². The molecule has 2 saturated heterocycles. The van der Waals surface area contributed by atoms with Crippen LogP contribution in [0.25, 0.3) is 21.5 Å². The number of nitrogens with two attached hydrogens (primary N) is 1. The predicted octanol–water partition coefficient (Wildman–Crippen LogP) is 2.97. The zero-order chi connectivity index (χ0) is 51.5. The van der Waals surface area contributed by atoms with Gasteiger partial charge in [-0.1, -0.05) is 0 Å². The lowest BCUT2D eigenvalue weighted by Gasteiger charge is -2.30. The lowest BCUT2D eigenvalue weighted by molar-refractivity contribution is 0.122. The number of nitrogens with zero attached hydrogens (tertiary/aromatic N) is 9. The molecule has 7 aromatic rings. The Bertz CT molecular complexity index is 3560. The number of rotatable bonds is 13. The van der Waals surface area contributed by atoms with Gasteiger partial charge in [-0.05, 0) is 71.4 Å². The number of morpholine rings is 2. The van der Waals surface area contributed by atoms with Crippen LogP contribution in [0.15, 0.2) is 92.4 Å². The van der Waals surface area contributed by atoms with E-state index < -0.39 is 71.6 Å². The second-order valence-electron chi connectivity index (χ2n) is 15.8. The Labute approximate surface area is 407 Å². The quantitative estimate of drug-likeness (QED) is 0.0592. The minimum atomic E-state index is -5.02. The summed E-state index contributed by atoms with van der Waals surface area (Å²) in [6.45, 7) is 1.96. The van der Waals surface area contributed by atoms with E-state index in [2.05, 4.69) is 30.6 Å². The summed E-state index contributed by atoms with van der Waals surface area (Å²) in [6.07, 6.45) is 0. The molecule has 2 aliphatic rings. The molecule has 32 heteroatoms. The maximum absolute atomic E-state index is 12.6. The number of nitrogens with one attached hydrogen (secondary N) is 2. The first-order valence-electron chi connectivity index (χ1n) is 20.8. The molecule has 0 atom stereocenters. The maximum atomic E-state index is 12.6. The summed E-state index contributed by atoms with van der Waals surface area (Å²) >= 11 is 0. The molecule has 0 aliphatic carbocycles. The molecular formula is C40H38N12O16S4. The highest BCUT2D eigenvalue weighted by atomic mass is 32.2. The zero-order valence-electron chi connectivity index (χ0n) is 36.6. The molecule has 0 spiro atoms. The van der Waals surface area contributed by atoms with Crippen LogP contribution in [-0.2, 0) is 49.9 Å². The molecule has 5 aromatic carbocycles. The van der Waals surface area contributed by atoms with Crippen molar-refractivity contribution < 1.29 is 71.6 Å². The lowest BCUT2D eigenvalue weighted by atomic mass is 10.1. The summed E-state index contributed by atoms with van der Waals surface area (Å²) in [6, 6.07) is 12.9. The number of hydrogen-bond donors (Lipinski definition) is 9. The molecular weight excluding hydrogens is 1030 g/mol. The smallest absolute Gasteiger partial charge is 0.294 e. The number of nitrogen functional groups attached to an aromatic ring is 1. The lowest BCUT2D eigenvalue weighted by Crippen LogP contribution is -2.38. The Kier molecular flexibility index (Phi) is 12.8. The number of benzene rings is 5. The average molecular weight is 1070 g/mol. The van der Waals surface area contributed by atoms with Crippen molar-refractivity contribution in [1.29, 1.82) is 0 Å². The maximum Gasteiger partial charge on any atom is 0.294 e. The highest BCUT2D eigenvalue weighted by molar-refractivity contribution is 7.86. The molecule has 0 bridgehead atoms. The molecule has 0 saturated carbocycles. The third kappa shape index (κ3) is 10.5. The van der Waals surface area contributed by atoms with Crippen LogP contribution < -0.4 is 31.1 Å². The monoisotopic (exact) mass is 1070 g/mol. The highest BCUT2D eigenvalue weighted by Crippen LogP contribution is 2.41. The van der Waals surface area contributed by atoms with Crippen molar-refractivity contribution in [2.45, 2.75) is 19.6 Å². The minimum absolute atomic E-state index is 0.00610. The molecule has 2 fully saturated rings. The van der Waals surface area contributed by atoms with Gasteiger partial charge in [0.15, 0.2) is 0 Å². The van der Waals surface area contributed by atoms with E-state index in [1.807, 2.05) is 0 Å². The van der Waals surface area contributed by atoms with Gasteiger partial charge in [0.25, 0.3) is 40.5 Å². The van der Waals surface area contributed by atoms with E-state index in [1.54, 1.807) is 21.9 Å². The summed E-state index contributed by atoms with van der Waals surface area (Å²) in [7, 11) is -19.9. The largest absolute Gasteiger partial charge is 0.507 e. The van der Waals surface area contributed by atoms with Crippen LogP contribution in [0.5, 0.6) is 11.5 Å². The normalized spacial score (nSPS) is 14.9. The van der Waals surface area contributed by atoms with Gasteiger partial charge >= 0.3 is 0 Å². The Hall–Kier alpha value is -7.40. The molecule has 2 aliphatic heterocycles. The molecule has 0 unspecified atom stereocenters. The summed E-state index contributed by atoms with van der Waals surface area (Å²) < 4.78 is 150. The minimum Gasteiger partial charge on any atom is -0.507 e. The van der Waals surface area contributed by atoms with E-state index in [-0.39, 0.29) is 127 Å². The molecule has 9 rings (SSSR count). The average Bonchev–Trinajstić information content (AvgIpc) is 3.31. The van der Waals surface area contributed by atoms with Crippen molar-refractivity contribution in [2.75, 3.05) is 83.7 Å². The number of aromatic hydroxyl groups is 2. The molecule has 378 valence electrons. The van der Waals surface area contributed by atoms with Crippen LogP contribution in [-0.4, -0.2) is 145 Å². The van der Waals surface area contributed by atoms with E-state index in [9.17, 15) is 62.1 Å². The summed E-state index contributed by atoms with van der Waals surface area (Å²) in [5, 5.41) is 27.1. The number of phenols is 2. The molecule has 0 radical (unpaired) electrons. The van der Waals surface area contributed by atoms with Gasteiger partial charge in [-0.15, -0.1) is 0 Å². The third-order valence-electron chi connectivity index (χ3n) is 11.0. The fourth-order valence-electron chi connectivity index (χ4n) is 7.68. The molecule has 0 amide bonds. The van der Waals surface area contributed by atoms with Gasteiger partial charge in [0.05, 0.1) is 63.1 Å². The van der Waals surface area contributed by atoms with Gasteiger partial charge < -0.3 is 45.9 Å². The second-order valence-corrected chi connectivity index (χ2v) is 21.5. The van der Waals surface area contributed by atoms with E-state index in [1.165, 1.54) is 17.0 Å². The van der Waals surface area contributed by atoms with Gasteiger partial charge in [0.1, 0.15) is 11.5 Å².